The Bertz CT molecular complexity index is 395. The van der Waals surface area contributed by atoms with Gasteiger partial charge in [0.1, 0.15) is 0 Å². The van der Waals surface area contributed by atoms with Gasteiger partial charge in [-0.25, -0.2) is 0 Å². The summed E-state index contributed by atoms with van der Waals surface area (Å²) in [5, 5.41) is 10.4. The molecule has 1 saturated heterocycles. The minimum Gasteiger partial charge on any atom is -0.389 e. The maximum Gasteiger partial charge on any atom is 0.0768 e. The third-order valence-corrected chi connectivity index (χ3v) is 4.50. The van der Waals surface area contributed by atoms with E-state index in [0.717, 1.165) is 39.3 Å². The van der Waals surface area contributed by atoms with E-state index in [9.17, 15) is 5.11 Å². The lowest BCUT2D eigenvalue weighted by Crippen LogP contribution is -2.52. The SMILES string of the molecule is CC(C)C(C)(O)CN1CCN(Cc2ccccc2)CC1. The lowest BCUT2D eigenvalue weighted by atomic mass is 9.92. The van der Waals surface area contributed by atoms with E-state index in [-0.39, 0.29) is 0 Å². The van der Waals surface area contributed by atoms with Gasteiger partial charge in [-0.3, -0.25) is 9.80 Å². The van der Waals surface area contributed by atoms with E-state index in [2.05, 4.69) is 54.0 Å². The summed E-state index contributed by atoms with van der Waals surface area (Å²) in [6.45, 7) is 12.2. The van der Waals surface area contributed by atoms with Crippen LogP contribution < -0.4 is 0 Å². The van der Waals surface area contributed by atoms with E-state index in [1.165, 1.54) is 5.56 Å². The largest absolute Gasteiger partial charge is 0.389 e. The van der Waals surface area contributed by atoms with Gasteiger partial charge in [-0.1, -0.05) is 44.2 Å². The van der Waals surface area contributed by atoms with E-state index < -0.39 is 5.60 Å². The van der Waals surface area contributed by atoms with Crippen LogP contribution in [0.25, 0.3) is 0 Å². The minimum absolute atomic E-state index is 0.296. The fraction of sp³-hybridized carbons (Fsp3) is 0.647. The van der Waals surface area contributed by atoms with E-state index in [1.807, 2.05) is 6.92 Å². The summed E-state index contributed by atoms with van der Waals surface area (Å²) in [7, 11) is 0. The third-order valence-electron chi connectivity index (χ3n) is 4.50. The first kappa shape index (κ1) is 15.5. The summed E-state index contributed by atoms with van der Waals surface area (Å²) in [6.07, 6.45) is 0. The van der Waals surface area contributed by atoms with Gasteiger partial charge in [0, 0.05) is 39.3 Å². The molecule has 1 aliphatic rings. The Kier molecular flexibility index (Phi) is 5.19. The first-order valence-corrected chi connectivity index (χ1v) is 7.68. The highest BCUT2D eigenvalue weighted by Crippen LogP contribution is 2.19. The predicted molar refractivity (Wildman–Crippen MR) is 83.6 cm³/mol. The molecule has 2 rings (SSSR count). The van der Waals surface area contributed by atoms with Gasteiger partial charge in [0.25, 0.3) is 0 Å². The molecule has 0 spiro atoms. The van der Waals surface area contributed by atoms with Gasteiger partial charge in [-0.2, -0.15) is 0 Å². The van der Waals surface area contributed by atoms with Crippen LogP contribution in [-0.2, 0) is 6.54 Å². The zero-order chi connectivity index (χ0) is 14.6. The molecule has 1 N–H and O–H groups in total. The monoisotopic (exact) mass is 276 g/mol. The fourth-order valence-electron chi connectivity index (χ4n) is 2.58. The Morgan fingerprint density at radius 2 is 1.60 bits per heavy atom. The first-order valence-electron chi connectivity index (χ1n) is 7.68. The molecule has 3 heteroatoms. The predicted octanol–water partition coefficient (Wildman–Crippen LogP) is 2.21. The van der Waals surface area contributed by atoms with Gasteiger partial charge in [-0.15, -0.1) is 0 Å². The van der Waals surface area contributed by atoms with Crippen LogP contribution in [0.1, 0.15) is 26.3 Å². The smallest absolute Gasteiger partial charge is 0.0768 e. The molecule has 20 heavy (non-hydrogen) atoms. The molecule has 0 aliphatic carbocycles. The molecule has 1 aliphatic heterocycles. The molecule has 1 atom stereocenters. The second kappa shape index (κ2) is 6.70. The van der Waals surface area contributed by atoms with Gasteiger partial charge < -0.3 is 5.11 Å². The molecular formula is C17H28N2O. The van der Waals surface area contributed by atoms with Gasteiger partial charge in [-0.05, 0) is 18.4 Å². The summed E-state index contributed by atoms with van der Waals surface area (Å²) < 4.78 is 0. The maximum absolute atomic E-state index is 10.4. The van der Waals surface area contributed by atoms with Crippen molar-refractivity contribution >= 4 is 0 Å². The highest BCUT2D eigenvalue weighted by Gasteiger charge is 2.29. The van der Waals surface area contributed by atoms with Crippen molar-refractivity contribution in [3.8, 4) is 0 Å². The molecule has 3 nitrogen and oxygen atoms in total. The highest BCUT2D eigenvalue weighted by molar-refractivity contribution is 5.14. The third kappa shape index (κ3) is 4.30. The fourth-order valence-corrected chi connectivity index (χ4v) is 2.58. The number of rotatable bonds is 5. The van der Waals surface area contributed by atoms with Crippen molar-refractivity contribution in [3.05, 3.63) is 35.9 Å². The van der Waals surface area contributed by atoms with Gasteiger partial charge in [0.2, 0.25) is 0 Å². The Hall–Kier alpha value is -0.900. The van der Waals surface area contributed by atoms with E-state index in [1.54, 1.807) is 0 Å². The molecule has 1 aromatic rings. The molecule has 0 saturated carbocycles. The van der Waals surface area contributed by atoms with Crippen LogP contribution in [0, 0.1) is 5.92 Å². The molecule has 1 fully saturated rings. The van der Waals surface area contributed by atoms with Gasteiger partial charge >= 0.3 is 0 Å². The average molecular weight is 276 g/mol. The molecule has 0 radical (unpaired) electrons. The molecule has 1 aromatic carbocycles. The standard InChI is InChI=1S/C17H28N2O/c1-15(2)17(3,20)14-19-11-9-18(10-12-19)13-16-7-5-4-6-8-16/h4-8,15,20H,9-14H2,1-3H3. The van der Waals surface area contributed by atoms with Crippen molar-refractivity contribution < 1.29 is 5.11 Å². The zero-order valence-corrected chi connectivity index (χ0v) is 13.0. The Morgan fingerprint density at radius 3 is 2.15 bits per heavy atom. The second-order valence-corrected chi connectivity index (χ2v) is 6.55. The molecule has 1 unspecified atom stereocenters. The van der Waals surface area contributed by atoms with Crippen molar-refractivity contribution in [1.82, 2.24) is 9.80 Å². The Balaban J connectivity index is 1.78. The van der Waals surface area contributed by atoms with Crippen LogP contribution >= 0.6 is 0 Å². The number of nitrogens with zero attached hydrogens (tertiary/aromatic N) is 2. The number of piperazine rings is 1. The van der Waals surface area contributed by atoms with Gasteiger partial charge in [0.15, 0.2) is 0 Å². The summed E-state index contributed by atoms with van der Waals surface area (Å²) in [5.74, 6) is 0.296. The van der Waals surface area contributed by atoms with E-state index in [0.29, 0.717) is 5.92 Å². The first-order chi connectivity index (χ1) is 9.47. The van der Waals surface area contributed by atoms with E-state index in [4.69, 9.17) is 0 Å². The highest BCUT2D eigenvalue weighted by atomic mass is 16.3. The average Bonchev–Trinajstić information content (AvgIpc) is 2.42. The summed E-state index contributed by atoms with van der Waals surface area (Å²) in [5.41, 5.74) is 0.803. The molecule has 0 amide bonds. The van der Waals surface area contributed by atoms with Crippen molar-refractivity contribution in [3.63, 3.8) is 0 Å². The lowest BCUT2D eigenvalue weighted by Gasteiger charge is -2.39. The molecule has 112 valence electrons. The topological polar surface area (TPSA) is 26.7 Å². The van der Waals surface area contributed by atoms with Crippen LogP contribution in [0.15, 0.2) is 30.3 Å². The van der Waals surface area contributed by atoms with Crippen LogP contribution in [-0.4, -0.2) is 53.2 Å². The quantitative estimate of drug-likeness (QED) is 0.893. The minimum atomic E-state index is -0.582. The molecule has 0 aromatic heterocycles. The zero-order valence-electron chi connectivity index (χ0n) is 13.0. The number of benzene rings is 1. The summed E-state index contributed by atoms with van der Waals surface area (Å²) in [6, 6.07) is 10.7. The van der Waals surface area contributed by atoms with Crippen LogP contribution in [0.4, 0.5) is 0 Å². The summed E-state index contributed by atoms with van der Waals surface area (Å²) in [4.78, 5) is 4.89. The van der Waals surface area contributed by atoms with Crippen LogP contribution in [0.3, 0.4) is 0 Å². The molecule has 0 bridgehead atoms. The van der Waals surface area contributed by atoms with Crippen molar-refractivity contribution in [2.45, 2.75) is 32.9 Å². The van der Waals surface area contributed by atoms with Crippen molar-refractivity contribution in [1.29, 1.82) is 0 Å². The lowest BCUT2D eigenvalue weighted by molar-refractivity contribution is -0.0295. The Morgan fingerprint density at radius 1 is 1.05 bits per heavy atom. The number of aliphatic hydroxyl groups is 1. The number of hydrogen-bond donors (Lipinski definition) is 1. The molecular weight excluding hydrogens is 248 g/mol. The Labute approximate surface area is 123 Å². The van der Waals surface area contributed by atoms with E-state index >= 15 is 0 Å². The van der Waals surface area contributed by atoms with Crippen molar-refractivity contribution in [2.75, 3.05) is 32.7 Å². The van der Waals surface area contributed by atoms with Crippen LogP contribution in [0.5, 0.6) is 0 Å². The molecule has 1 heterocycles. The number of hydrogen-bond acceptors (Lipinski definition) is 3. The van der Waals surface area contributed by atoms with Crippen molar-refractivity contribution in [2.24, 2.45) is 5.92 Å². The number of β-amino-alcohol motifs (C(OH)–C–C–N with tert-alkyl or cyclic N) is 1. The second-order valence-electron chi connectivity index (χ2n) is 6.55. The summed E-state index contributed by atoms with van der Waals surface area (Å²) >= 11 is 0. The normalized spacial score (nSPS) is 21.1. The van der Waals surface area contributed by atoms with Gasteiger partial charge in [0.05, 0.1) is 5.60 Å². The van der Waals surface area contributed by atoms with Crippen LogP contribution in [0.2, 0.25) is 0 Å². The maximum atomic E-state index is 10.4.